The molecule has 0 fully saturated rings. The summed E-state index contributed by atoms with van der Waals surface area (Å²) in [4.78, 5) is 21.9. The Morgan fingerprint density at radius 2 is 1.83 bits per heavy atom. The molecule has 1 atom stereocenters. The molecule has 0 aliphatic heterocycles. The van der Waals surface area contributed by atoms with Crippen molar-refractivity contribution in [1.29, 1.82) is 0 Å². The van der Waals surface area contributed by atoms with Crippen molar-refractivity contribution in [1.82, 2.24) is 0 Å². The Hall–Kier alpha value is -1.84. The lowest BCUT2D eigenvalue weighted by Crippen LogP contribution is -2.11. The monoisotopic (exact) mass is 250 g/mol. The van der Waals surface area contributed by atoms with Crippen molar-refractivity contribution in [2.45, 2.75) is 39.9 Å². The topological polar surface area (TPSA) is 52.6 Å². The molecule has 4 nitrogen and oxygen atoms in total. The fourth-order valence-electron chi connectivity index (χ4n) is 1.73. The average molecular weight is 250 g/mol. The molecule has 1 aromatic carbocycles. The zero-order valence-electron chi connectivity index (χ0n) is 10.9. The molecule has 1 unspecified atom stereocenters. The minimum Gasteiger partial charge on any atom is -0.461 e. The molecule has 1 aromatic rings. The molecule has 1 rings (SSSR count). The highest BCUT2D eigenvalue weighted by Crippen LogP contribution is 2.25. The lowest BCUT2D eigenvalue weighted by Gasteiger charge is -2.18. The summed E-state index contributed by atoms with van der Waals surface area (Å²) in [5, 5.41) is 0. The van der Waals surface area contributed by atoms with E-state index in [1.807, 2.05) is 31.2 Å². The van der Waals surface area contributed by atoms with E-state index in [1.165, 1.54) is 13.8 Å². The van der Waals surface area contributed by atoms with Crippen LogP contribution in [-0.2, 0) is 25.7 Å². The van der Waals surface area contributed by atoms with E-state index in [4.69, 9.17) is 9.47 Å². The first-order valence-corrected chi connectivity index (χ1v) is 5.93. The van der Waals surface area contributed by atoms with Gasteiger partial charge in [0.05, 0.1) is 0 Å². The lowest BCUT2D eigenvalue weighted by atomic mass is 10.0. The fourth-order valence-corrected chi connectivity index (χ4v) is 1.73. The van der Waals surface area contributed by atoms with Crippen LogP contribution in [0.5, 0.6) is 0 Å². The quantitative estimate of drug-likeness (QED) is 0.754. The Morgan fingerprint density at radius 1 is 1.17 bits per heavy atom. The second-order valence-electron chi connectivity index (χ2n) is 3.99. The van der Waals surface area contributed by atoms with Crippen molar-refractivity contribution in [2.75, 3.05) is 0 Å². The zero-order chi connectivity index (χ0) is 13.5. The lowest BCUT2D eigenvalue weighted by molar-refractivity contribution is -0.147. The second-order valence-corrected chi connectivity index (χ2v) is 3.99. The van der Waals surface area contributed by atoms with Crippen LogP contribution in [0.1, 0.15) is 44.4 Å². The van der Waals surface area contributed by atoms with E-state index in [0.29, 0.717) is 6.42 Å². The summed E-state index contributed by atoms with van der Waals surface area (Å²) in [6.07, 6.45) is 0.380. The van der Waals surface area contributed by atoms with Gasteiger partial charge in [-0.15, -0.1) is 0 Å². The third-order valence-electron chi connectivity index (χ3n) is 2.51. The van der Waals surface area contributed by atoms with Crippen LogP contribution < -0.4 is 0 Å². The number of ether oxygens (including phenoxy) is 2. The Morgan fingerprint density at radius 3 is 2.39 bits per heavy atom. The minimum atomic E-state index is -0.328. The van der Waals surface area contributed by atoms with Gasteiger partial charge in [-0.3, -0.25) is 9.59 Å². The van der Waals surface area contributed by atoms with Crippen LogP contribution in [0.4, 0.5) is 0 Å². The summed E-state index contributed by atoms with van der Waals surface area (Å²) in [5.41, 5.74) is 1.75. The van der Waals surface area contributed by atoms with Crippen molar-refractivity contribution < 1.29 is 19.1 Å². The first-order valence-electron chi connectivity index (χ1n) is 5.93. The Balaban J connectivity index is 2.91. The summed E-state index contributed by atoms with van der Waals surface area (Å²) in [6, 6.07) is 7.49. The van der Waals surface area contributed by atoms with E-state index in [0.717, 1.165) is 11.1 Å². The van der Waals surface area contributed by atoms with Crippen LogP contribution in [0.2, 0.25) is 0 Å². The van der Waals surface area contributed by atoms with Crippen molar-refractivity contribution in [2.24, 2.45) is 0 Å². The normalized spacial score (nSPS) is 11.7. The average Bonchev–Trinajstić information content (AvgIpc) is 2.33. The molecule has 0 radical (unpaired) electrons. The summed E-state index contributed by atoms with van der Waals surface area (Å²) in [5.74, 6) is -0.644. The predicted molar refractivity (Wildman–Crippen MR) is 66.7 cm³/mol. The molecular formula is C14H18O4. The van der Waals surface area contributed by atoms with E-state index in [2.05, 4.69) is 0 Å². The third-order valence-corrected chi connectivity index (χ3v) is 2.51. The number of esters is 2. The van der Waals surface area contributed by atoms with E-state index >= 15 is 0 Å². The molecule has 0 saturated carbocycles. The molecule has 0 bridgehead atoms. The Bertz CT molecular complexity index is 426. The molecule has 0 aliphatic carbocycles. The van der Waals surface area contributed by atoms with Crippen LogP contribution in [0, 0.1) is 0 Å². The second kappa shape index (κ2) is 6.79. The van der Waals surface area contributed by atoms with Crippen molar-refractivity contribution in [3.8, 4) is 0 Å². The smallest absolute Gasteiger partial charge is 0.303 e. The highest BCUT2D eigenvalue weighted by molar-refractivity contribution is 5.66. The first kappa shape index (κ1) is 14.2. The van der Waals surface area contributed by atoms with Crippen LogP contribution in [-0.4, -0.2) is 11.9 Å². The fraction of sp³-hybridized carbons (Fsp3) is 0.429. The van der Waals surface area contributed by atoms with Gasteiger partial charge in [-0.1, -0.05) is 31.2 Å². The van der Waals surface area contributed by atoms with Crippen LogP contribution in [0.15, 0.2) is 24.3 Å². The van der Waals surface area contributed by atoms with Gasteiger partial charge in [0.15, 0.2) is 0 Å². The molecule has 0 heterocycles. The highest BCUT2D eigenvalue weighted by Gasteiger charge is 2.16. The largest absolute Gasteiger partial charge is 0.461 e. The number of hydrogen-bond acceptors (Lipinski definition) is 4. The van der Waals surface area contributed by atoms with E-state index in [9.17, 15) is 9.59 Å². The molecule has 0 aromatic heterocycles. The Labute approximate surface area is 107 Å². The molecule has 0 spiro atoms. The van der Waals surface area contributed by atoms with Gasteiger partial charge in [-0.05, 0) is 17.5 Å². The van der Waals surface area contributed by atoms with Crippen molar-refractivity contribution in [3.63, 3.8) is 0 Å². The number of benzene rings is 1. The molecule has 0 saturated heterocycles. The number of carbonyl (C=O) groups is 2. The van der Waals surface area contributed by atoms with E-state index in [1.54, 1.807) is 0 Å². The van der Waals surface area contributed by atoms with Gasteiger partial charge in [0.25, 0.3) is 0 Å². The maximum Gasteiger partial charge on any atom is 0.303 e. The summed E-state index contributed by atoms with van der Waals surface area (Å²) < 4.78 is 10.2. The summed E-state index contributed by atoms with van der Waals surface area (Å²) >= 11 is 0. The maximum absolute atomic E-state index is 11.1. The molecule has 0 amide bonds. The molecule has 0 aliphatic rings. The van der Waals surface area contributed by atoms with Gasteiger partial charge >= 0.3 is 11.9 Å². The number of rotatable bonds is 5. The third kappa shape index (κ3) is 4.20. The summed E-state index contributed by atoms with van der Waals surface area (Å²) in [7, 11) is 0. The van der Waals surface area contributed by atoms with Gasteiger partial charge in [0.2, 0.25) is 0 Å². The van der Waals surface area contributed by atoms with Gasteiger partial charge in [-0.25, -0.2) is 0 Å². The highest BCUT2D eigenvalue weighted by atomic mass is 16.5. The molecular weight excluding hydrogens is 232 g/mol. The molecule has 4 heteroatoms. The van der Waals surface area contributed by atoms with Gasteiger partial charge in [0.1, 0.15) is 12.7 Å². The van der Waals surface area contributed by atoms with E-state index < -0.39 is 0 Å². The van der Waals surface area contributed by atoms with Crippen molar-refractivity contribution >= 4 is 11.9 Å². The van der Waals surface area contributed by atoms with E-state index in [-0.39, 0.29) is 24.6 Å². The summed E-state index contributed by atoms with van der Waals surface area (Å²) in [6.45, 7) is 4.89. The van der Waals surface area contributed by atoms with Crippen LogP contribution in [0.25, 0.3) is 0 Å². The standard InChI is InChI=1S/C14H18O4/c1-4-14(18-11(3)16)13-8-6-5-7-12(13)9-17-10(2)15/h5-8,14H,4,9H2,1-3H3. The zero-order valence-corrected chi connectivity index (χ0v) is 10.9. The maximum atomic E-state index is 11.1. The van der Waals surface area contributed by atoms with Crippen molar-refractivity contribution in [3.05, 3.63) is 35.4 Å². The number of carbonyl (C=O) groups excluding carboxylic acids is 2. The van der Waals surface area contributed by atoms with Gasteiger partial charge < -0.3 is 9.47 Å². The van der Waals surface area contributed by atoms with Gasteiger partial charge in [0, 0.05) is 13.8 Å². The molecule has 98 valence electrons. The van der Waals surface area contributed by atoms with Crippen LogP contribution in [0.3, 0.4) is 0 Å². The number of hydrogen-bond donors (Lipinski definition) is 0. The molecule has 0 N–H and O–H groups in total. The van der Waals surface area contributed by atoms with Crippen LogP contribution >= 0.6 is 0 Å². The predicted octanol–water partition coefficient (Wildman–Crippen LogP) is 2.76. The molecule has 18 heavy (non-hydrogen) atoms. The van der Waals surface area contributed by atoms with Gasteiger partial charge in [-0.2, -0.15) is 0 Å². The Kier molecular flexibility index (Phi) is 5.36. The SMILES string of the molecule is CCC(OC(C)=O)c1ccccc1COC(C)=O. The minimum absolute atomic E-state index is 0.198. The first-order chi connectivity index (χ1) is 8.54.